The maximum Gasteiger partial charge on any atom is 0.168 e. The number of hydrogen-bond donors (Lipinski definition) is 0. The van der Waals surface area contributed by atoms with Gasteiger partial charge >= 0.3 is 0 Å². The molecule has 0 bridgehead atoms. The van der Waals surface area contributed by atoms with Gasteiger partial charge in [-0.1, -0.05) is 52.3 Å². The van der Waals surface area contributed by atoms with Gasteiger partial charge in [-0.2, -0.15) is 0 Å². The van der Waals surface area contributed by atoms with Crippen LogP contribution in [0.1, 0.15) is 5.56 Å². The Labute approximate surface area is 116 Å². The van der Waals surface area contributed by atoms with Gasteiger partial charge in [0.1, 0.15) is 0 Å². The van der Waals surface area contributed by atoms with Crippen LogP contribution in [0.5, 0.6) is 11.5 Å². The molecule has 94 valence electrons. The first-order valence-corrected chi connectivity index (χ1v) is 6.78. The van der Waals surface area contributed by atoms with Crippen molar-refractivity contribution in [2.75, 3.05) is 14.2 Å². The lowest BCUT2D eigenvalue weighted by atomic mass is 10.0. The molecule has 2 aromatic carbocycles. The molecular weight excluding hydrogens is 292 g/mol. The summed E-state index contributed by atoms with van der Waals surface area (Å²) in [5.74, 6) is 1.52. The van der Waals surface area contributed by atoms with E-state index in [4.69, 9.17) is 9.47 Å². The summed E-state index contributed by atoms with van der Waals surface area (Å²) >= 11 is 3.47. The molecule has 18 heavy (non-hydrogen) atoms. The number of para-hydroxylation sites is 1. The summed E-state index contributed by atoms with van der Waals surface area (Å²) in [4.78, 5) is 0. The Balaban J connectivity index is 2.55. The van der Waals surface area contributed by atoms with Crippen LogP contribution in [0.4, 0.5) is 0 Å². The molecule has 0 saturated heterocycles. The zero-order valence-corrected chi connectivity index (χ0v) is 12.0. The Morgan fingerprint density at radius 3 is 2.44 bits per heavy atom. The van der Waals surface area contributed by atoms with Crippen LogP contribution in [0.25, 0.3) is 11.1 Å². The van der Waals surface area contributed by atoms with Crippen LogP contribution in [0.2, 0.25) is 0 Å². The van der Waals surface area contributed by atoms with Gasteiger partial charge in [-0.05, 0) is 17.2 Å². The van der Waals surface area contributed by atoms with Gasteiger partial charge in [-0.25, -0.2) is 0 Å². The number of rotatable bonds is 4. The Kier molecular flexibility index (Phi) is 4.26. The predicted octanol–water partition coefficient (Wildman–Crippen LogP) is 4.27. The van der Waals surface area contributed by atoms with Crippen LogP contribution in [-0.4, -0.2) is 14.2 Å². The summed E-state index contributed by atoms with van der Waals surface area (Å²) in [5.41, 5.74) is 3.40. The molecule has 0 fully saturated rings. The fraction of sp³-hybridized carbons (Fsp3) is 0.200. The lowest BCUT2D eigenvalue weighted by Crippen LogP contribution is -1.93. The van der Waals surface area contributed by atoms with Crippen LogP contribution >= 0.6 is 15.9 Å². The number of hydrogen-bond acceptors (Lipinski definition) is 2. The zero-order chi connectivity index (χ0) is 13.0. The molecule has 0 aromatic heterocycles. The number of methoxy groups -OCH3 is 2. The number of alkyl halides is 1. The minimum atomic E-state index is 0.749. The van der Waals surface area contributed by atoms with Crippen molar-refractivity contribution >= 4 is 15.9 Å². The van der Waals surface area contributed by atoms with Gasteiger partial charge < -0.3 is 9.47 Å². The minimum Gasteiger partial charge on any atom is -0.493 e. The molecule has 0 spiro atoms. The van der Waals surface area contributed by atoms with E-state index in [-0.39, 0.29) is 0 Å². The first-order chi connectivity index (χ1) is 8.80. The number of ether oxygens (including phenoxy) is 2. The lowest BCUT2D eigenvalue weighted by Gasteiger charge is -2.13. The van der Waals surface area contributed by atoms with Crippen molar-refractivity contribution in [3.63, 3.8) is 0 Å². The molecule has 2 aromatic rings. The normalized spacial score (nSPS) is 10.2. The van der Waals surface area contributed by atoms with Gasteiger partial charge in [0.2, 0.25) is 0 Å². The summed E-state index contributed by atoms with van der Waals surface area (Å²) < 4.78 is 10.8. The second-order valence-corrected chi connectivity index (χ2v) is 4.44. The minimum absolute atomic E-state index is 0.749. The third kappa shape index (κ3) is 2.51. The molecule has 0 N–H and O–H groups in total. The molecule has 0 aliphatic rings. The van der Waals surface area contributed by atoms with Gasteiger partial charge in [0.15, 0.2) is 11.5 Å². The van der Waals surface area contributed by atoms with Crippen molar-refractivity contribution in [1.29, 1.82) is 0 Å². The summed E-state index contributed by atoms with van der Waals surface area (Å²) in [6, 6.07) is 14.3. The van der Waals surface area contributed by atoms with Crippen LogP contribution in [0.15, 0.2) is 42.5 Å². The molecule has 0 unspecified atom stereocenters. The quantitative estimate of drug-likeness (QED) is 0.786. The van der Waals surface area contributed by atoms with Crippen molar-refractivity contribution in [3.8, 4) is 22.6 Å². The highest BCUT2D eigenvalue weighted by Gasteiger charge is 2.11. The van der Waals surface area contributed by atoms with Crippen molar-refractivity contribution in [1.82, 2.24) is 0 Å². The summed E-state index contributed by atoms with van der Waals surface area (Å²) in [6.45, 7) is 0. The van der Waals surface area contributed by atoms with Gasteiger partial charge in [-0.3, -0.25) is 0 Å². The van der Waals surface area contributed by atoms with E-state index in [1.54, 1.807) is 14.2 Å². The third-order valence-corrected chi connectivity index (χ3v) is 3.44. The lowest BCUT2D eigenvalue weighted by molar-refractivity contribution is 0.356. The average Bonchev–Trinajstić information content (AvgIpc) is 2.46. The highest BCUT2D eigenvalue weighted by Crippen LogP contribution is 2.37. The topological polar surface area (TPSA) is 18.5 Å². The largest absolute Gasteiger partial charge is 0.493 e. The molecule has 0 atom stereocenters. The predicted molar refractivity (Wildman–Crippen MR) is 77.6 cm³/mol. The van der Waals surface area contributed by atoms with Crippen molar-refractivity contribution in [3.05, 3.63) is 48.0 Å². The summed E-state index contributed by atoms with van der Waals surface area (Å²) in [7, 11) is 3.31. The summed E-state index contributed by atoms with van der Waals surface area (Å²) in [6.07, 6.45) is 0. The van der Waals surface area contributed by atoms with Crippen molar-refractivity contribution in [2.45, 2.75) is 5.33 Å². The highest BCUT2D eigenvalue weighted by molar-refractivity contribution is 9.08. The molecule has 0 aliphatic heterocycles. The van der Waals surface area contributed by atoms with Crippen LogP contribution in [0, 0.1) is 0 Å². The van der Waals surface area contributed by atoms with Crippen LogP contribution < -0.4 is 9.47 Å². The Hall–Kier alpha value is -1.48. The molecule has 2 rings (SSSR count). The van der Waals surface area contributed by atoms with Crippen LogP contribution in [0.3, 0.4) is 0 Å². The maximum atomic E-state index is 5.46. The Morgan fingerprint density at radius 2 is 1.78 bits per heavy atom. The highest BCUT2D eigenvalue weighted by atomic mass is 79.9. The molecule has 0 saturated carbocycles. The average molecular weight is 307 g/mol. The number of halogens is 1. The molecule has 0 amide bonds. The first-order valence-electron chi connectivity index (χ1n) is 5.66. The van der Waals surface area contributed by atoms with Gasteiger partial charge in [-0.15, -0.1) is 0 Å². The smallest absolute Gasteiger partial charge is 0.168 e. The van der Waals surface area contributed by atoms with Gasteiger partial charge in [0.25, 0.3) is 0 Å². The molecule has 0 radical (unpaired) electrons. The van der Waals surface area contributed by atoms with Crippen molar-refractivity contribution < 1.29 is 9.47 Å². The van der Waals surface area contributed by atoms with E-state index in [0.29, 0.717) is 0 Å². The molecule has 0 heterocycles. The summed E-state index contributed by atoms with van der Waals surface area (Å²) in [5, 5.41) is 0.840. The first kappa shape index (κ1) is 13.0. The second kappa shape index (κ2) is 5.91. The SMILES string of the molecule is COc1cccc(-c2cccc(CBr)c2)c1OC. The van der Waals surface area contributed by atoms with E-state index in [9.17, 15) is 0 Å². The molecule has 2 nitrogen and oxygen atoms in total. The van der Waals surface area contributed by atoms with E-state index in [1.807, 2.05) is 24.3 Å². The Bertz CT molecular complexity index is 538. The number of benzene rings is 2. The Morgan fingerprint density at radius 1 is 1.00 bits per heavy atom. The van der Waals surface area contributed by atoms with E-state index in [2.05, 4.69) is 34.1 Å². The maximum absolute atomic E-state index is 5.46. The molecule has 3 heteroatoms. The van der Waals surface area contributed by atoms with Gasteiger partial charge in [0, 0.05) is 10.9 Å². The zero-order valence-electron chi connectivity index (χ0n) is 10.4. The van der Waals surface area contributed by atoms with Crippen LogP contribution in [-0.2, 0) is 5.33 Å². The van der Waals surface area contributed by atoms with E-state index in [0.717, 1.165) is 28.0 Å². The van der Waals surface area contributed by atoms with Gasteiger partial charge in [0.05, 0.1) is 14.2 Å². The van der Waals surface area contributed by atoms with E-state index >= 15 is 0 Å². The fourth-order valence-corrected chi connectivity index (χ4v) is 2.29. The van der Waals surface area contributed by atoms with E-state index < -0.39 is 0 Å². The standard InChI is InChI=1S/C15H15BrO2/c1-17-14-8-4-7-13(15(14)18-2)12-6-3-5-11(9-12)10-16/h3-9H,10H2,1-2H3. The molecule has 0 aliphatic carbocycles. The monoisotopic (exact) mass is 306 g/mol. The third-order valence-electron chi connectivity index (χ3n) is 2.80. The second-order valence-electron chi connectivity index (χ2n) is 3.88. The van der Waals surface area contributed by atoms with Crippen molar-refractivity contribution in [2.24, 2.45) is 0 Å². The van der Waals surface area contributed by atoms with E-state index in [1.165, 1.54) is 5.56 Å². The molecular formula is C15H15BrO2. The fourth-order valence-electron chi connectivity index (χ4n) is 1.94.